The quantitative estimate of drug-likeness (QED) is 0.427. The number of fused-ring (bicyclic) bond motifs is 1. The van der Waals surface area contributed by atoms with Gasteiger partial charge in [0.15, 0.2) is 0 Å². The topological polar surface area (TPSA) is 93.1 Å². The third-order valence-corrected chi connectivity index (χ3v) is 7.37. The summed E-state index contributed by atoms with van der Waals surface area (Å²) in [5, 5.41) is 3.33. The average Bonchev–Trinajstić information content (AvgIpc) is 3.24. The molecule has 0 aliphatic carbocycles. The molecule has 1 N–H and O–H groups in total. The number of carbonyl (C=O) groups excluding carboxylic acids is 2. The van der Waals surface area contributed by atoms with Crippen molar-refractivity contribution in [3.63, 3.8) is 0 Å². The normalized spacial score (nSPS) is 16.9. The van der Waals surface area contributed by atoms with Gasteiger partial charge in [-0.05, 0) is 46.8 Å². The molecule has 37 heavy (non-hydrogen) atoms. The summed E-state index contributed by atoms with van der Waals surface area (Å²) in [7, 11) is 0.0644. The summed E-state index contributed by atoms with van der Waals surface area (Å²) in [4.78, 5) is 28.0. The molecular formula is C27H38N4O5S. The van der Waals surface area contributed by atoms with Crippen LogP contribution in [0, 0.1) is 0 Å². The van der Waals surface area contributed by atoms with Gasteiger partial charge in [-0.3, -0.25) is 8.77 Å². The van der Waals surface area contributed by atoms with Crippen LogP contribution in [0.1, 0.15) is 41.5 Å². The Morgan fingerprint density at radius 3 is 2.35 bits per heavy atom. The summed E-state index contributed by atoms with van der Waals surface area (Å²) in [5.41, 5.74) is 1.83. The van der Waals surface area contributed by atoms with Crippen LogP contribution in [-0.4, -0.2) is 69.2 Å². The van der Waals surface area contributed by atoms with Crippen molar-refractivity contribution in [2.45, 2.75) is 52.4 Å². The number of allylic oxidation sites excluding steroid dienone is 1. The lowest BCUT2D eigenvalue weighted by atomic mass is 10.2. The number of hydrogen-bond acceptors (Lipinski definition) is 6. The zero-order chi connectivity index (χ0) is 27.3. The van der Waals surface area contributed by atoms with Gasteiger partial charge in [-0.1, -0.05) is 24.3 Å². The predicted molar refractivity (Wildman–Crippen MR) is 148 cm³/mol. The van der Waals surface area contributed by atoms with Crippen LogP contribution in [-0.2, 0) is 25.3 Å². The summed E-state index contributed by atoms with van der Waals surface area (Å²) in [6.45, 7) is 13.0. The van der Waals surface area contributed by atoms with E-state index in [0.29, 0.717) is 37.6 Å². The Balaban J connectivity index is 1.84. The standard InChI is InChI=1S/C27H38N4O5S/c1-8-22(28-20(3)32)25(35-7)17-19(2)37(34)31-18-24(21-11-9-10-12-23(21)31)29-13-15-30(16-14-29)26(33)36-27(4,5)6/h8-12,17-19H,13-16H2,1-7H3,(H,28,32)/b22-8+,25-17+. The average molecular weight is 531 g/mol. The second-order valence-electron chi connectivity index (χ2n) is 9.91. The number of piperazine rings is 1. The van der Waals surface area contributed by atoms with E-state index >= 15 is 0 Å². The van der Waals surface area contributed by atoms with Crippen molar-refractivity contribution in [2.75, 3.05) is 38.2 Å². The van der Waals surface area contributed by atoms with E-state index in [1.165, 1.54) is 14.0 Å². The SMILES string of the molecule is C/C=C(NC(C)=O)\C(=C/C(C)S(=O)n1cc(N2CCN(C(=O)OC(C)(C)C)CC2)c2ccccc21)OC. The molecule has 1 fully saturated rings. The molecule has 2 unspecified atom stereocenters. The van der Waals surface area contributed by atoms with Crippen LogP contribution in [0.2, 0.25) is 0 Å². The van der Waals surface area contributed by atoms with Crippen LogP contribution in [0.15, 0.2) is 54.1 Å². The molecule has 0 bridgehead atoms. The Morgan fingerprint density at radius 2 is 1.78 bits per heavy atom. The van der Waals surface area contributed by atoms with Gasteiger partial charge in [-0.2, -0.15) is 0 Å². The first-order chi connectivity index (χ1) is 17.4. The van der Waals surface area contributed by atoms with Gasteiger partial charge in [0.2, 0.25) is 5.91 Å². The fourth-order valence-electron chi connectivity index (χ4n) is 4.17. The highest BCUT2D eigenvalue weighted by Gasteiger charge is 2.28. The molecule has 1 saturated heterocycles. The van der Waals surface area contributed by atoms with Crippen LogP contribution < -0.4 is 10.2 Å². The molecule has 1 aliphatic rings. The van der Waals surface area contributed by atoms with E-state index in [4.69, 9.17) is 9.47 Å². The number of para-hydroxylation sites is 1. The molecule has 2 amide bonds. The molecule has 10 heteroatoms. The predicted octanol–water partition coefficient (Wildman–Crippen LogP) is 4.17. The van der Waals surface area contributed by atoms with Crippen molar-refractivity contribution in [1.82, 2.24) is 14.2 Å². The molecule has 0 radical (unpaired) electrons. The van der Waals surface area contributed by atoms with E-state index in [0.717, 1.165) is 16.6 Å². The second kappa shape index (κ2) is 11.9. The molecule has 1 aromatic heterocycles. The molecule has 2 atom stereocenters. The maximum absolute atomic E-state index is 13.7. The molecule has 2 aromatic rings. The van der Waals surface area contributed by atoms with E-state index < -0.39 is 21.8 Å². The lowest BCUT2D eigenvalue weighted by Crippen LogP contribution is -2.50. The van der Waals surface area contributed by atoms with E-state index in [1.807, 2.05) is 58.2 Å². The van der Waals surface area contributed by atoms with Gasteiger partial charge in [0.25, 0.3) is 0 Å². The number of nitrogens with zero attached hydrogens (tertiary/aromatic N) is 3. The highest BCUT2D eigenvalue weighted by molar-refractivity contribution is 7.84. The fourth-order valence-corrected chi connectivity index (χ4v) is 5.33. The molecule has 2 heterocycles. The maximum atomic E-state index is 13.7. The molecule has 3 rings (SSSR count). The van der Waals surface area contributed by atoms with Gasteiger partial charge >= 0.3 is 6.09 Å². The molecular weight excluding hydrogens is 492 g/mol. The van der Waals surface area contributed by atoms with E-state index in [2.05, 4.69) is 10.2 Å². The van der Waals surface area contributed by atoms with E-state index in [-0.39, 0.29) is 12.0 Å². The molecule has 202 valence electrons. The lowest BCUT2D eigenvalue weighted by Gasteiger charge is -2.36. The number of methoxy groups -OCH3 is 1. The monoisotopic (exact) mass is 530 g/mol. The minimum Gasteiger partial charge on any atom is -0.495 e. The minimum absolute atomic E-state index is 0.211. The van der Waals surface area contributed by atoms with Crippen LogP contribution in [0.25, 0.3) is 10.9 Å². The number of ether oxygens (including phenoxy) is 2. The summed E-state index contributed by atoms with van der Waals surface area (Å²) < 4.78 is 26.5. The summed E-state index contributed by atoms with van der Waals surface area (Å²) in [5.74, 6) is 0.242. The van der Waals surface area contributed by atoms with Gasteiger partial charge in [-0.25, -0.2) is 9.00 Å². The zero-order valence-electron chi connectivity index (χ0n) is 22.7. The van der Waals surface area contributed by atoms with Crippen molar-refractivity contribution >= 4 is 39.6 Å². The second-order valence-corrected chi connectivity index (χ2v) is 11.6. The molecule has 1 aliphatic heterocycles. The Hall–Kier alpha value is -3.27. The smallest absolute Gasteiger partial charge is 0.410 e. The maximum Gasteiger partial charge on any atom is 0.410 e. The molecule has 1 aromatic carbocycles. The fraction of sp³-hybridized carbons (Fsp3) is 0.481. The van der Waals surface area contributed by atoms with Crippen LogP contribution in [0.5, 0.6) is 0 Å². The van der Waals surface area contributed by atoms with Gasteiger partial charge in [0, 0.05) is 44.7 Å². The summed E-state index contributed by atoms with van der Waals surface area (Å²) in [6.07, 6.45) is 5.12. The summed E-state index contributed by atoms with van der Waals surface area (Å²) >= 11 is 0. The van der Waals surface area contributed by atoms with Crippen molar-refractivity contribution in [3.05, 3.63) is 54.1 Å². The molecule has 9 nitrogen and oxygen atoms in total. The number of carbonyl (C=O) groups is 2. The number of aromatic nitrogens is 1. The van der Waals surface area contributed by atoms with Gasteiger partial charge in [0.05, 0.1) is 29.3 Å². The molecule has 0 saturated carbocycles. The number of rotatable bonds is 7. The van der Waals surface area contributed by atoms with Gasteiger partial charge in [-0.15, -0.1) is 0 Å². The van der Waals surface area contributed by atoms with Crippen LogP contribution >= 0.6 is 0 Å². The van der Waals surface area contributed by atoms with Crippen molar-refractivity contribution in [1.29, 1.82) is 0 Å². The van der Waals surface area contributed by atoms with Crippen molar-refractivity contribution < 1.29 is 23.3 Å². The first-order valence-corrected chi connectivity index (χ1v) is 13.6. The highest BCUT2D eigenvalue weighted by atomic mass is 32.2. The number of amides is 2. The van der Waals surface area contributed by atoms with E-state index in [1.54, 1.807) is 27.9 Å². The molecule has 0 spiro atoms. The lowest BCUT2D eigenvalue weighted by molar-refractivity contribution is -0.118. The van der Waals surface area contributed by atoms with Crippen LogP contribution in [0.3, 0.4) is 0 Å². The van der Waals surface area contributed by atoms with Crippen LogP contribution in [0.4, 0.5) is 10.5 Å². The first-order valence-electron chi connectivity index (χ1n) is 12.4. The third-order valence-electron chi connectivity index (χ3n) is 5.91. The Labute approximate surface area is 221 Å². The largest absolute Gasteiger partial charge is 0.495 e. The highest BCUT2D eigenvalue weighted by Crippen LogP contribution is 2.31. The Morgan fingerprint density at radius 1 is 1.14 bits per heavy atom. The Bertz CT molecular complexity index is 1220. The number of hydrogen-bond donors (Lipinski definition) is 1. The number of anilines is 1. The van der Waals surface area contributed by atoms with Crippen molar-refractivity contribution in [2.24, 2.45) is 0 Å². The summed E-state index contributed by atoms with van der Waals surface area (Å²) in [6, 6.07) is 7.87. The Kier molecular flexibility index (Phi) is 9.07. The number of nitrogens with one attached hydrogen (secondary N) is 1. The van der Waals surface area contributed by atoms with Crippen molar-refractivity contribution in [3.8, 4) is 0 Å². The zero-order valence-corrected chi connectivity index (χ0v) is 23.6. The third kappa shape index (κ3) is 6.94. The van der Waals surface area contributed by atoms with Gasteiger partial charge < -0.3 is 24.6 Å². The minimum atomic E-state index is -1.46. The van der Waals surface area contributed by atoms with Gasteiger partial charge in [0.1, 0.15) is 22.3 Å². The number of benzene rings is 1. The van der Waals surface area contributed by atoms with E-state index in [9.17, 15) is 13.8 Å². The first kappa shape index (κ1) is 28.3.